The Kier molecular flexibility index (Phi) is 3.98. The molecule has 0 atom stereocenters. The van der Waals surface area contributed by atoms with Crippen molar-refractivity contribution in [2.45, 2.75) is 6.54 Å². The van der Waals surface area contributed by atoms with Gasteiger partial charge in [0.05, 0.1) is 15.5 Å². The van der Waals surface area contributed by atoms with Crippen LogP contribution in [0.3, 0.4) is 0 Å². The minimum absolute atomic E-state index is 0.0964. The van der Waals surface area contributed by atoms with Gasteiger partial charge in [-0.1, -0.05) is 0 Å². The summed E-state index contributed by atoms with van der Waals surface area (Å²) in [5.41, 5.74) is 1.32. The monoisotopic (exact) mass is 326 g/mol. The van der Waals surface area contributed by atoms with E-state index in [1.54, 1.807) is 23.3 Å². The van der Waals surface area contributed by atoms with Gasteiger partial charge in [0, 0.05) is 19.8 Å². The number of halogens is 1. The molecule has 2 aromatic rings. The lowest BCUT2D eigenvalue weighted by Crippen LogP contribution is -2.26. The van der Waals surface area contributed by atoms with Gasteiger partial charge in [-0.25, -0.2) is 0 Å². The van der Waals surface area contributed by atoms with E-state index in [-0.39, 0.29) is 17.2 Å². The van der Waals surface area contributed by atoms with Crippen LogP contribution in [-0.4, -0.2) is 27.9 Å². The number of rotatable bonds is 3. The fourth-order valence-corrected chi connectivity index (χ4v) is 2.75. The molecule has 0 radical (unpaired) electrons. The van der Waals surface area contributed by atoms with Gasteiger partial charge in [-0.2, -0.15) is 0 Å². The molecule has 0 saturated heterocycles. The highest BCUT2D eigenvalue weighted by Gasteiger charge is 2.16. The van der Waals surface area contributed by atoms with Crippen LogP contribution in [0, 0.1) is 0 Å². The Labute approximate surface area is 117 Å². The highest BCUT2D eigenvalue weighted by molar-refractivity contribution is 9.11. The number of amides is 1. The van der Waals surface area contributed by atoms with E-state index in [0.29, 0.717) is 6.54 Å². The molecule has 6 heteroatoms. The van der Waals surface area contributed by atoms with Crippen molar-refractivity contribution in [3.8, 4) is 5.75 Å². The Hall–Kier alpha value is -1.40. The summed E-state index contributed by atoms with van der Waals surface area (Å²) in [5, 5.41) is 11.6. The van der Waals surface area contributed by atoms with E-state index in [4.69, 9.17) is 0 Å². The molecular weight excluding hydrogens is 316 g/mol. The lowest BCUT2D eigenvalue weighted by molar-refractivity contribution is 0.0782. The zero-order valence-corrected chi connectivity index (χ0v) is 12.0. The number of thiophene rings is 1. The van der Waals surface area contributed by atoms with E-state index in [2.05, 4.69) is 20.9 Å². The van der Waals surface area contributed by atoms with Crippen molar-refractivity contribution in [1.82, 2.24) is 9.88 Å². The topological polar surface area (TPSA) is 53.4 Å². The summed E-state index contributed by atoms with van der Waals surface area (Å²) in [6.07, 6.45) is 2.75. The molecule has 4 nitrogen and oxygen atoms in total. The number of carbonyl (C=O) groups excluding carboxylic acids is 1. The van der Waals surface area contributed by atoms with Gasteiger partial charge in [-0.3, -0.25) is 9.78 Å². The van der Waals surface area contributed by atoms with Gasteiger partial charge < -0.3 is 10.0 Å². The van der Waals surface area contributed by atoms with Crippen LogP contribution in [0.15, 0.2) is 33.7 Å². The maximum atomic E-state index is 12.1. The van der Waals surface area contributed by atoms with Crippen LogP contribution in [-0.2, 0) is 6.54 Å². The van der Waals surface area contributed by atoms with E-state index in [1.807, 2.05) is 11.4 Å². The van der Waals surface area contributed by atoms with E-state index < -0.39 is 0 Å². The number of hydrogen-bond donors (Lipinski definition) is 1. The first-order valence-corrected chi connectivity index (χ1v) is 6.86. The van der Waals surface area contributed by atoms with E-state index in [0.717, 1.165) is 9.35 Å². The zero-order valence-electron chi connectivity index (χ0n) is 9.63. The number of hydrogen-bond acceptors (Lipinski definition) is 4. The Morgan fingerprint density at radius 3 is 3.00 bits per heavy atom. The standard InChI is InChI=1S/C12H11BrN2O2S/c1-15(6-8-4-11(13)18-7-8)12(17)9-2-3-14-5-10(9)16/h2-5,7,16H,6H2,1H3. The van der Waals surface area contributed by atoms with E-state index in [1.165, 1.54) is 18.5 Å². The molecule has 0 spiro atoms. The quantitative estimate of drug-likeness (QED) is 0.943. The Balaban J connectivity index is 2.12. The molecule has 94 valence electrons. The third-order valence-corrected chi connectivity index (χ3v) is 3.97. The minimum Gasteiger partial charge on any atom is -0.505 e. The van der Waals surface area contributed by atoms with Crippen molar-refractivity contribution in [2.75, 3.05) is 7.05 Å². The molecule has 0 unspecified atom stereocenters. The predicted molar refractivity (Wildman–Crippen MR) is 73.7 cm³/mol. The molecule has 2 heterocycles. The molecular formula is C12H11BrN2O2S. The zero-order chi connectivity index (χ0) is 13.1. The van der Waals surface area contributed by atoms with Gasteiger partial charge in [-0.05, 0) is 39.0 Å². The summed E-state index contributed by atoms with van der Waals surface area (Å²) in [6.45, 7) is 0.503. The number of aromatic nitrogens is 1. The fourth-order valence-electron chi connectivity index (χ4n) is 1.55. The molecule has 0 bridgehead atoms. The first kappa shape index (κ1) is 13.0. The lowest BCUT2D eigenvalue weighted by Gasteiger charge is -2.16. The first-order valence-electron chi connectivity index (χ1n) is 5.19. The second-order valence-electron chi connectivity index (χ2n) is 3.81. The van der Waals surface area contributed by atoms with Gasteiger partial charge in [0.25, 0.3) is 5.91 Å². The molecule has 18 heavy (non-hydrogen) atoms. The van der Waals surface area contributed by atoms with Gasteiger partial charge in [0.15, 0.2) is 0 Å². The number of nitrogens with zero attached hydrogens (tertiary/aromatic N) is 2. The summed E-state index contributed by atoms with van der Waals surface area (Å²) in [7, 11) is 1.70. The highest BCUT2D eigenvalue weighted by Crippen LogP contribution is 2.22. The predicted octanol–water partition coefficient (Wildman–Crippen LogP) is 2.88. The van der Waals surface area contributed by atoms with Gasteiger partial charge in [0.1, 0.15) is 5.75 Å². The second kappa shape index (κ2) is 5.49. The van der Waals surface area contributed by atoms with Crippen LogP contribution in [0.4, 0.5) is 0 Å². The maximum absolute atomic E-state index is 12.1. The van der Waals surface area contributed by atoms with Crippen molar-refractivity contribution in [3.63, 3.8) is 0 Å². The third kappa shape index (κ3) is 2.88. The summed E-state index contributed by atoms with van der Waals surface area (Å²) in [6, 6.07) is 3.48. The number of aromatic hydroxyl groups is 1. The lowest BCUT2D eigenvalue weighted by atomic mass is 10.2. The first-order chi connectivity index (χ1) is 8.58. The molecule has 0 aromatic carbocycles. The van der Waals surface area contributed by atoms with E-state index >= 15 is 0 Å². The Bertz CT molecular complexity index is 571. The SMILES string of the molecule is CN(Cc1csc(Br)c1)C(=O)c1ccncc1O. The summed E-state index contributed by atoms with van der Waals surface area (Å²) in [5.74, 6) is -0.321. The summed E-state index contributed by atoms with van der Waals surface area (Å²) < 4.78 is 1.03. The van der Waals surface area contributed by atoms with Crippen molar-refractivity contribution < 1.29 is 9.90 Å². The molecule has 2 rings (SSSR count). The average Bonchev–Trinajstić information content (AvgIpc) is 2.74. The highest BCUT2D eigenvalue weighted by atomic mass is 79.9. The summed E-state index contributed by atoms with van der Waals surface area (Å²) >= 11 is 4.96. The molecule has 0 aliphatic rings. The second-order valence-corrected chi connectivity index (χ2v) is 6.10. The van der Waals surface area contributed by atoms with Crippen molar-refractivity contribution in [1.29, 1.82) is 0 Å². The van der Waals surface area contributed by atoms with Crippen LogP contribution >= 0.6 is 27.3 Å². The van der Waals surface area contributed by atoms with Crippen LogP contribution in [0.5, 0.6) is 5.75 Å². The smallest absolute Gasteiger partial charge is 0.257 e. The Morgan fingerprint density at radius 2 is 2.39 bits per heavy atom. The molecule has 1 amide bonds. The van der Waals surface area contributed by atoms with Crippen molar-refractivity contribution in [3.05, 3.63) is 44.8 Å². The molecule has 0 aliphatic carbocycles. The maximum Gasteiger partial charge on any atom is 0.257 e. The van der Waals surface area contributed by atoms with Crippen LogP contribution in [0.25, 0.3) is 0 Å². The number of pyridine rings is 1. The van der Waals surface area contributed by atoms with Gasteiger partial charge in [-0.15, -0.1) is 11.3 Å². The minimum atomic E-state index is -0.225. The Morgan fingerprint density at radius 1 is 1.61 bits per heavy atom. The van der Waals surface area contributed by atoms with E-state index in [9.17, 15) is 9.90 Å². The molecule has 0 aliphatic heterocycles. The normalized spacial score (nSPS) is 10.3. The van der Waals surface area contributed by atoms with Crippen LogP contribution in [0.1, 0.15) is 15.9 Å². The molecule has 1 N–H and O–H groups in total. The van der Waals surface area contributed by atoms with Gasteiger partial charge >= 0.3 is 0 Å². The fraction of sp³-hybridized carbons (Fsp3) is 0.167. The molecule has 0 fully saturated rings. The third-order valence-electron chi connectivity index (χ3n) is 2.42. The molecule has 0 saturated carbocycles. The summed E-state index contributed by atoms with van der Waals surface area (Å²) in [4.78, 5) is 17.4. The van der Waals surface area contributed by atoms with Crippen molar-refractivity contribution in [2.24, 2.45) is 0 Å². The van der Waals surface area contributed by atoms with Crippen molar-refractivity contribution >= 4 is 33.2 Å². The van der Waals surface area contributed by atoms with Crippen LogP contribution in [0.2, 0.25) is 0 Å². The average molecular weight is 327 g/mol. The number of carbonyl (C=O) groups is 1. The largest absolute Gasteiger partial charge is 0.505 e. The van der Waals surface area contributed by atoms with Gasteiger partial charge in [0.2, 0.25) is 0 Å². The molecule has 2 aromatic heterocycles. The van der Waals surface area contributed by atoms with Crippen LogP contribution < -0.4 is 0 Å².